The van der Waals surface area contributed by atoms with Gasteiger partial charge >= 0.3 is 6.09 Å². The number of aromatic nitrogens is 1. The summed E-state index contributed by atoms with van der Waals surface area (Å²) in [5.74, 6) is 0. The van der Waals surface area contributed by atoms with Crippen molar-refractivity contribution in [1.29, 1.82) is 0 Å². The Hall–Kier alpha value is -2.45. The number of benzene rings is 1. The van der Waals surface area contributed by atoms with Crippen molar-refractivity contribution in [2.24, 2.45) is 0 Å². The van der Waals surface area contributed by atoms with Gasteiger partial charge in [0.15, 0.2) is 9.84 Å². The minimum Gasteiger partial charge on any atom is -0.447 e. The molecule has 3 rings (SSSR count). The van der Waals surface area contributed by atoms with Crippen LogP contribution in [0.3, 0.4) is 0 Å². The highest BCUT2D eigenvalue weighted by Crippen LogP contribution is 2.22. The first-order chi connectivity index (χ1) is 14.2. The van der Waals surface area contributed by atoms with E-state index in [9.17, 15) is 13.2 Å². The molecule has 0 aliphatic carbocycles. The van der Waals surface area contributed by atoms with E-state index in [1.54, 1.807) is 35.4 Å². The highest BCUT2D eigenvalue weighted by atomic mass is 32.2. The summed E-state index contributed by atoms with van der Waals surface area (Å²) in [6.07, 6.45) is 4.23. The van der Waals surface area contributed by atoms with Gasteiger partial charge in [-0.05, 0) is 50.5 Å². The van der Waals surface area contributed by atoms with E-state index in [0.717, 1.165) is 29.7 Å². The van der Waals surface area contributed by atoms with Crippen LogP contribution in [0, 0.1) is 0 Å². The van der Waals surface area contributed by atoms with Crippen molar-refractivity contribution in [3.63, 3.8) is 0 Å². The smallest absolute Gasteiger partial charge is 0.410 e. The van der Waals surface area contributed by atoms with E-state index >= 15 is 0 Å². The van der Waals surface area contributed by atoms with E-state index in [1.807, 2.05) is 26.0 Å². The molecule has 1 aliphatic rings. The molecule has 2 heterocycles. The first kappa shape index (κ1) is 22.2. The highest BCUT2D eigenvalue weighted by Gasteiger charge is 2.24. The van der Waals surface area contributed by atoms with Crippen LogP contribution in [0.2, 0.25) is 0 Å². The summed E-state index contributed by atoms with van der Waals surface area (Å²) < 4.78 is 34.3. The predicted octanol–water partition coefficient (Wildman–Crippen LogP) is 3.68. The summed E-state index contributed by atoms with van der Waals surface area (Å²) in [7, 11) is -3.20. The van der Waals surface area contributed by atoms with Gasteiger partial charge in [0, 0.05) is 31.1 Å². The number of piperidine rings is 1. The lowest BCUT2D eigenvalue weighted by molar-refractivity contribution is -0.00727. The Morgan fingerprint density at radius 3 is 2.27 bits per heavy atom. The van der Waals surface area contributed by atoms with Crippen molar-refractivity contribution in [3.05, 3.63) is 48.3 Å². The molecule has 0 N–H and O–H groups in total. The fraction of sp³-hybridized carbons (Fsp3) is 0.455. The fourth-order valence-electron chi connectivity index (χ4n) is 3.26. The van der Waals surface area contributed by atoms with Gasteiger partial charge in [-0.2, -0.15) is 0 Å². The lowest BCUT2D eigenvalue weighted by atomic mass is 10.1. The van der Waals surface area contributed by atoms with Crippen LogP contribution in [0.25, 0.3) is 11.1 Å². The lowest BCUT2D eigenvalue weighted by Gasteiger charge is -2.31. The summed E-state index contributed by atoms with van der Waals surface area (Å²) in [5.41, 5.74) is 2.65. The van der Waals surface area contributed by atoms with Crippen LogP contribution in [0.4, 0.5) is 4.79 Å². The average molecular weight is 433 g/mol. The van der Waals surface area contributed by atoms with Crippen LogP contribution in [-0.2, 0) is 25.9 Å². The van der Waals surface area contributed by atoms with E-state index < -0.39 is 9.84 Å². The minimum atomic E-state index is -3.20. The molecule has 1 aliphatic heterocycles. The van der Waals surface area contributed by atoms with Crippen molar-refractivity contribution < 1.29 is 22.7 Å². The topological polar surface area (TPSA) is 85.8 Å². The Bertz CT molecular complexity index is 948. The number of hydrogen-bond acceptors (Lipinski definition) is 6. The number of nitrogens with zero attached hydrogens (tertiary/aromatic N) is 2. The van der Waals surface area contributed by atoms with Crippen LogP contribution >= 0.6 is 0 Å². The zero-order valence-electron chi connectivity index (χ0n) is 17.6. The maximum absolute atomic E-state index is 11.9. The molecule has 0 atom stereocenters. The van der Waals surface area contributed by atoms with E-state index in [-0.39, 0.29) is 18.3 Å². The maximum Gasteiger partial charge on any atom is 0.410 e. The molecule has 0 bridgehead atoms. The fourth-order valence-corrected chi connectivity index (χ4v) is 3.89. The van der Waals surface area contributed by atoms with Crippen LogP contribution < -0.4 is 0 Å². The van der Waals surface area contributed by atoms with Crippen molar-refractivity contribution in [1.82, 2.24) is 9.88 Å². The largest absolute Gasteiger partial charge is 0.447 e. The number of ether oxygens (including phenoxy) is 2. The molecule has 8 heteroatoms. The number of amides is 1. The summed E-state index contributed by atoms with van der Waals surface area (Å²) in [5, 5.41) is 0. The van der Waals surface area contributed by atoms with Crippen LogP contribution in [0.5, 0.6) is 0 Å². The van der Waals surface area contributed by atoms with Crippen LogP contribution in [0.15, 0.2) is 47.5 Å². The second-order valence-electron chi connectivity index (χ2n) is 7.76. The van der Waals surface area contributed by atoms with Crippen molar-refractivity contribution in [3.8, 4) is 11.1 Å². The highest BCUT2D eigenvalue weighted by molar-refractivity contribution is 7.90. The molecule has 1 fully saturated rings. The molecule has 7 nitrogen and oxygen atoms in total. The molecule has 0 unspecified atom stereocenters. The summed E-state index contributed by atoms with van der Waals surface area (Å²) in [4.78, 5) is 18.4. The van der Waals surface area contributed by atoms with E-state index in [4.69, 9.17) is 9.47 Å². The molecule has 2 aromatic rings. The molecule has 0 saturated carbocycles. The SMILES string of the molecule is CC(C)OC(=O)N1CCC(OCc2ccc(-c3ccc(S(C)(=O)=O)cc3)cn2)CC1. The van der Waals surface area contributed by atoms with Gasteiger partial charge < -0.3 is 14.4 Å². The number of carbonyl (C=O) groups excluding carboxylic acids is 1. The number of likely N-dealkylation sites (tertiary alicyclic amines) is 1. The summed E-state index contributed by atoms with van der Waals surface area (Å²) >= 11 is 0. The lowest BCUT2D eigenvalue weighted by Crippen LogP contribution is -2.41. The predicted molar refractivity (Wildman–Crippen MR) is 114 cm³/mol. The van der Waals surface area contributed by atoms with Crippen molar-refractivity contribution >= 4 is 15.9 Å². The van der Waals surface area contributed by atoms with Gasteiger partial charge in [0.2, 0.25) is 0 Å². The molecule has 30 heavy (non-hydrogen) atoms. The number of hydrogen-bond donors (Lipinski definition) is 0. The molecule has 1 aromatic carbocycles. The van der Waals surface area contributed by atoms with Crippen molar-refractivity contribution in [2.75, 3.05) is 19.3 Å². The molecular weight excluding hydrogens is 404 g/mol. The van der Waals surface area contributed by atoms with Crippen LogP contribution in [-0.4, -0.2) is 55.9 Å². The van der Waals surface area contributed by atoms with E-state index in [1.165, 1.54) is 6.26 Å². The monoisotopic (exact) mass is 432 g/mol. The number of sulfone groups is 1. The zero-order valence-corrected chi connectivity index (χ0v) is 18.4. The Balaban J connectivity index is 1.49. The second kappa shape index (κ2) is 9.57. The normalized spacial score (nSPS) is 15.4. The summed E-state index contributed by atoms with van der Waals surface area (Å²) in [6, 6.07) is 10.6. The second-order valence-corrected chi connectivity index (χ2v) is 9.78. The Labute approximate surface area is 177 Å². The van der Waals surface area contributed by atoms with E-state index in [2.05, 4.69) is 4.98 Å². The van der Waals surface area contributed by atoms with Gasteiger partial charge in [-0.25, -0.2) is 13.2 Å². The Morgan fingerprint density at radius 2 is 1.73 bits per heavy atom. The van der Waals surface area contributed by atoms with Crippen LogP contribution in [0.1, 0.15) is 32.4 Å². The molecule has 1 amide bonds. The van der Waals surface area contributed by atoms with Gasteiger partial charge in [-0.15, -0.1) is 0 Å². The third-order valence-corrected chi connectivity index (χ3v) is 6.07. The van der Waals surface area contributed by atoms with E-state index in [0.29, 0.717) is 24.6 Å². The first-order valence-corrected chi connectivity index (χ1v) is 11.9. The third kappa shape index (κ3) is 6.03. The molecular formula is C22H28N2O5S. The maximum atomic E-state index is 11.9. The van der Waals surface area contributed by atoms with Crippen molar-refractivity contribution in [2.45, 2.75) is 50.4 Å². The molecule has 0 spiro atoms. The van der Waals surface area contributed by atoms with Gasteiger partial charge in [-0.1, -0.05) is 18.2 Å². The standard InChI is InChI=1S/C22H28N2O5S/c1-16(2)29-22(25)24-12-10-20(11-13-24)28-15-19-7-4-18(14-23-19)17-5-8-21(9-6-17)30(3,26)27/h4-9,14,16,20H,10-13,15H2,1-3H3. The van der Waals surface area contributed by atoms with Gasteiger partial charge in [0.1, 0.15) is 0 Å². The molecule has 162 valence electrons. The summed E-state index contributed by atoms with van der Waals surface area (Å²) in [6.45, 7) is 5.36. The number of pyridine rings is 1. The Kier molecular flexibility index (Phi) is 7.10. The molecule has 1 saturated heterocycles. The molecule has 1 aromatic heterocycles. The Morgan fingerprint density at radius 1 is 1.10 bits per heavy atom. The van der Waals surface area contributed by atoms with Gasteiger partial charge in [0.05, 0.1) is 29.4 Å². The van der Waals surface area contributed by atoms with Gasteiger partial charge in [0.25, 0.3) is 0 Å². The quantitative estimate of drug-likeness (QED) is 0.692. The number of rotatable bonds is 6. The number of carbonyl (C=O) groups is 1. The third-order valence-electron chi connectivity index (χ3n) is 4.94. The molecule has 0 radical (unpaired) electrons. The zero-order chi connectivity index (χ0) is 21.7. The first-order valence-electron chi connectivity index (χ1n) is 10.0. The van der Waals surface area contributed by atoms with Gasteiger partial charge in [-0.3, -0.25) is 4.98 Å². The minimum absolute atomic E-state index is 0.0955. The average Bonchev–Trinajstić information content (AvgIpc) is 2.72.